The molecule has 1 aliphatic carbocycles. The molecule has 0 unspecified atom stereocenters. The van der Waals surface area contributed by atoms with E-state index in [2.05, 4.69) is 5.32 Å². The zero-order chi connectivity index (χ0) is 20.6. The molecule has 1 saturated carbocycles. The summed E-state index contributed by atoms with van der Waals surface area (Å²) in [6.07, 6.45) is 3.02. The molecule has 0 saturated heterocycles. The molecule has 4 rings (SSSR count). The van der Waals surface area contributed by atoms with Crippen molar-refractivity contribution in [2.24, 2.45) is 0 Å². The van der Waals surface area contributed by atoms with E-state index in [4.69, 9.17) is 0 Å². The number of imide groups is 1. The third kappa shape index (κ3) is 3.26. The predicted octanol–water partition coefficient (Wildman–Crippen LogP) is 2.43. The number of amides is 3. The van der Waals surface area contributed by atoms with Crippen LogP contribution in [0.15, 0.2) is 48.5 Å². The lowest BCUT2D eigenvalue weighted by atomic mass is 9.64. The SMILES string of the molecule is O=C(CN1C(=O)c2ccc([N+](=O)[O-])cc2C1=O)NCC1(c2ccccc2)CCC1. The zero-order valence-corrected chi connectivity index (χ0v) is 15.6. The first-order chi connectivity index (χ1) is 13.9. The first-order valence-corrected chi connectivity index (χ1v) is 9.38. The molecule has 1 aliphatic heterocycles. The number of carbonyl (C=O) groups is 3. The van der Waals surface area contributed by atoms with Crippen LogP contribution >= 0.6 is 0 Å². The van der Waals surface area contributed by atoms with Crippen LogP contribution in [0.25, 0.3) is 0 Å². The summed E-state index contributed by atoms with van der Waals surface area (Å²) in [6, 6.07) is 13.5. The molecule has 0 bridgehead atoms. The second-order valence-corrected chi connectivity index (χ2v) is 7.46. The number of nitro groups is 1. The number of rotatable bonds is 6. The summed E-state index contributed by atoms with van der Waals surface area (Å²) in [5, 5.41) is 13.8. The molecular weight excluding hydrogens is 374 g/mol. The molecule has 0 radical (unpaired) electrons. The first-order valence-electron chi connectivity index (χ1n) is 9.38. The van der Waals surface area contributed by atoms with Gasteiger partial charge in [0, 0.05) is 24.1 Å². The maximum Gasteiger partial charge on any atom is 0.270 e. The Morgan fingerprint density at radius 2 is 1.76 bits per heavy atom. The molecule has 8 heteroatoms. The summed E-state index contributed by atoms with van der Waals surface area (Å²) < 4.78 is 0. The van der Waals surface area contributed by atoms with Crippen LogP contribution < -0.4 is 5.32 Å². The van der Waals surface area contributed by atoms with Gasteiger partial charge in [0.25, 0.3) is 17.5 Å². The molecule has 3 amide bonds. The Balaban J connectivity index is 1.43. The number of non-ortho nitro benzene ring substituents is 1. The number of nitro benzene ring substituents is 1. The van der Waals surface area contributed by atoms with Crippen LogP contribution in [0.5, 0.6) is 0 Å². The maximum atomic E-state index is 12.5. The number of hydrogen-bond donors (Lipinski definition) is 1. The molecule has 0 aromatic heterocycles. The van der Waals surface area contributed by atoms with E-state index in [1.807, 2.05) is 30.3 Å². The van der Waals surface area contributed by atoms with E-state index in [1.165, 1.54) is 17.7 Å². The quantitative estimate of drug-likeness (QED) is 0.460. The molecule has 0 spiro atoms. The monoisotopic (exact) mass is 393 g/mol. The fourth-order valence-electron chi connectivity index (χ4n) is 3.97. The van der Waals surface area contributed by atoms with Crippen molar-refractivity contribution in [3.63, 3.8) is 0 Å². The highest BCUT2D eigenvalue weighted by molar-refractivity contribution is 6.22. The van der Waals surface area contributed by atoms with Gasteiger partial charge in [-0.2, -0.15) is 0 Å². The van der Waals surface area contributed by atoms with Gasteiger partial charge in [-0.15, -0.1) is 0 Å². The van der Waals surface area contributed by atoms with Crippen molar-refractivity contribution in [2.75, 3.05) is 13.1 Å². The van der Waals surface area contributed by atoms with E-state index in [0.29, 0.717) is 6.54 Å². The molecule has 0 atom stereocenters. The fraction of sp³-hybridized carbons (Fsp3) is 0.286. The molecule has 2 aliphatic rings. The number of benzene rings is 2. The lowest BCUT2D eigenvalue weighted by Gasteiger charge is -2.42. The van der Waals surface area contributed by atoms with Gasteiger partial charge < -0.3 is 5.32 Å². The summed E-state index contributed by atoms with van der Waals surface area (Å²) >= 11 is 0. The Kier molecular flexibility index (Phi) is 4.62. The normalized spacial score (nSPS) is 16.9. The average Bonchev–Trinajstić information content (AvgIpc) is 2.92. The molecule has 1 N–H and O–H groups in total. The van der Waals surface area contributed by atoms with Gasteiger partial charge in [0.2, 0.25) is 5.91 Å². The summed E-state index contributed by atoms with van der Waals surface area (Å²) in [5.41, 5.74) is 0.815. The van der Waals surface area contributed by atoms with Gasteiger partial charge in [-0.25, -0.2) is 0 Å². The molecule has 2 aromatic rings. The lowest BCUT2D eigenvalue weighted by molar-refractivity contribution is -0.384. The van der Waals surface area contributed by atoms with Crippen molar-refractivity contribution < 1.29 is 19.3 Å². The van der Waals surface area contributed by atoms with Crippen molar-refractivity contribution in [1.29, 1.82) is 0 Å². The second-order valence-electron chi connectivity index (χ2n) is 7.46. The van der Waals surface area contributed by atoms with Gasteiger partial charge in [0.05, 0.1) is 16.1 Å². The molecule has 1 heterocycles. The molecule has 2 aromatic carbocycles. The summed E-state index contributed by atoms with van der Waals surface area (Å²) in [5.74, 6) is -1.74. The van der Waals surface area contributed by atoms with E-state index in [-0.39, 0.29) is 22.2 Å². The first kappa shape index (κ1) is 18.8. The van der Waals surface area contributed by atoms with Crippen LogP contribution in [0.3, 0.4) is 0 Å². The van der Waals surface area contributed by atoms with Crippen LogP contribution in [0.2, 0.25) is 0 Å². The predicted molar refractivity (Wildman–Crippen MR) is 103 cm³/mol. The van der Waals surface area contributed by atoms with Gasteiger partial charge in [0.1, 0.15) is 6.54 Å². The number of nitrogens with one attached hydrogen (secondary N) is 1. The van der Waals surface area contributed by atoms with Crippen molar-refractivity contribution in [1.82, 2.24) is 10.2 Å². The topological polar surface area (TPSA) is 110 Å². The third-order valence-corrected chi connectivity index (χ3v) is 5.79. The number of fused-ring (bicyclic) bond motifs is 1. The number of carbonyl (C=O) groups excluding carboxylic acids is 3. The second kappa shape index (κ2) is 7.12. The van der Waals surface area contributed by atoms with Gasteiger partial charge in [-0.1, -0.05) is 36.8 Å². The van der Waals surface area contributed by atoms with Crippen LogP contribution in [-0.2, 0) is 10.2 Å². The molecule has 1 fully saturated rings. The average molecular weight is 393 g/mol. The van der Waals surface area contributed by atoms with Crippen LogP contribution in [0.1, 0.15) is 45.5 Å². The lowest BCUT2D eigenvalue weighted by Crippen LogP contribution is -2.48. The van der Waals surface area contributed by atoms with Gasteiger partial charge in [0.15, 0.2) is 0 Å². The van der Waals surface area contributed by atoms with Crippen LogP contribution in [-0.4, -0.2) is 40.6 Å². The minimum atomic E-state index is -0.690. The summed E-state index contributed by atoms with van der Waals surface area (Å²) in [7, 11) is 0. The Morgan fingerprint density at radius 3 is 2.38 bits per heavy atom. The van der Waals surface area contributed by atoms with E-state index in [1.54, 1.807) is 0 Å². The van der Waals surface area contributed by atoms with Gasteiger partial charge in [-0.3, -0.25) is 29.4 Å². The van der Waals surface area contributed by atoms with Gasteiger partial charge >= 0.3 is 0 Å². The standard InChI is InChI=1S/C21H19N3O5/c25-18(22-13-21(9-4-10-21)14-5-2-1-3-6-14)12-23-19(26)16-8-7-15(24(28)29)11-17(16)20(23)27/h1-3,5-8,11H,4,9-10,12-13H2,(H,22,25). The third-order valence-electron chi connectivity index (χ3n) is 5.79. The van der Waals surface area contributed by atoms with Gasteiger partial charge in [-0.05, 0) is 24.5 Å². The summed E-state index contributed by atoms with van der Waals surface area (Å²) in [6.45, 7) is 0.0233. The Hall–Kier alpha value is -3.55. The zero-order valence-electron chi connectivity index (χ0n) is 15.6. The minimum absolute atomic E-state index is 0.0447. The Bertz CT molecular complexity index is 1010. The van der Waals surface area contributed by atoms with Crippen molar-refractivity contribution in [2.45, 2.75) is 24.7 Å². The number of hydrogen-bond acceptors (Lipinski definition) is 5. The van der Waals surface area contributed by atoms with E-state index >= 15 is 0 Å². The van der Waals surface area contributed by atoms with E-state index in [9.17, 15) is 24.5 Å². The fourth-order valence-corrected chi connectivity index (χ4v) is 3.97. The minimum Gasteiger partial charge on any atom is -0.354 e. The van der Waals surface area contributed by atoms with E-state index < -0.39 is 29.2 Å². The highest BCUT2D eigenvalue weighted by atomic mass is 16.6. The van der Waals surface area contributed by atoms with Crippen LogP contribution in [0.4, 0.5) is 5.69 Å². The molecule has 8 nitrogen and oxygen atoms in total. The van der Waals surface area contributed by atoms with E-state index in [0.717, 1.165) is 30.2 Å². The molecule has 29 heavy (non-hydrogen) atoms. The largest absolute Gasteiger partial charge is 0.354 e. The maximum absolute atomic E-state index is 12.5. The summed E-state index contributed by atoms with van der Waals surface area (Å²) in [4.78, 5) is 48.6. The van der Waals surface area contributed by atoms with Crippen molar-refractivity contribution in [3.8, 4) is 0 Å². The highest BCUT2D eigenvalue weighted by Crippen LogP contribution is 2.43. The van der Waals surface area contributed by atoms with Crippen molar-refractivity contribution in [3.05, 3.63) is 75.3 Å². The Morgan fingerprint density at radius 1 is 1.07 bits per heavy atom. The number of nitrogens with zero attached hydrogens (tertiary/aromatic N) is 2. The van der Waals surface area contributed by atoms with Crippen molar-refractivity contribution >= 4 is 23.4 Å². The molecule has 148 valence electrons. The van der Waals surface area contributed by atoms with Crippen LogP contribution in [0, 0.1) is 10.1 Å². The smallest absolute Gasteiger partial charge is 0.270 e. The molecular formula is C21H19N3O5. The highest BCUT2D eigenvalue weighted by Gasteiger charge is 2.40. The Labute approximate surface area is 166 Å².